The van der Waals surface area contributed by atoms with E-state index >= 15 is 0 Å². The SMILES string of the molecule is COc1cc(OC)cc(-c2nnc(SCc3cc(=O)oc4cc5c(cc34)CCC5)o2)c1. The molecule has 8 heteroatoms. The standard InChI is InChI=1S/C23H20N2O5S/c1-27-17-6-15(7-18(11-17)28-2)22-24-25-23(30-22)31-12-16-10-21(26)29-20-9-14-5-3-4-13(14)8-19(16)20/h6-11H,3-5,12H2,1-2H3. The van der Waals surface area contributed by atoms with Gasteiger partial charge < -0.3 is 18.3 Å². The van der Waals surface area contributed by atoms with Crippen molar-refractivity contribution in [2.75, 3.05) is 14.2 Å². The average molecular weight is 436 g/mol. The first-order valence-corrected chi connectivity index (χ1v) is 10.9. The fourth-order valence-electron chi connectivity index (χ4n) is 3.87. The molecule has 0 saturated carbocycles. The van der Waals surface area contributed by atoms with E-state index in [-0.39, 0.29) is 5.63 Å². The van der Waals surface area contributed by atoms with Crippen LogP contribution in [0.4, 0.5) is 0 Å². The van der Waals surface area contributed by atoms with Crippen LogP contribution in [0.5, 0.6) is 11.5 Å². The molecule has 7 nitrogen and oxygen atoms in total. The van der Waals surface area contributed by atoms with Gasteiger partial charge in [-0.1, -0.05) is 11.8 Å². The van der Waals surface area contributed by atoms with Crippen LogP contribution in [0.25, 0.3) is 22.4 Å². The molecule has 5 rings (SSSR count). The maximum Gasteiger partial charge on any atom is 0.336 e. The Morgan fingerprint density at radius 2 is 1.68 bits per heavy atom. The Kier molecular flexibility index (Phi) is 5.15. The van der Waals surface area contributed by atoms with Gasteiger partial charge in [-0.2, -0.15) is 0 Å². The van der Waals surface area contributed by atoms with Gasteiger partial charge in [0.05, 0.1) is 14.2 Å². The van der Waals surface area contributed by atoms with Crippen molar-refractivity contribution in [3.05, 3.63) is 63.5 Å². The highest BCUT2D eigenvalue weighted by Gasteiger charge is 2.17. The minimum absolute atomic E-state index is 0.351. The molecule has 0 amide bonds. The van der Waals surface area contributed by atoms with Crippen LogP contribution >= 0.6 is 11.8 Å². The summed E-state index contributed by atoms with van der Waals surface area (Å²) in [7, 11) is 3.17. The summed E-state index contributed by atoms with van der Waals surface area (Å²) in [5.74, 6) is 2.16. The third-order valence-electron chi connectivity index (χ3n) is 5.40. The van der Waals surface area contributed by atoms with Gasteiger partial charge in [-0.15, -0.1) is 10.2 Å². The molecule has 0 atom stereocenters. The fraction of sp³-hybridized carbons (Fsp3) is 0.261. The van der Waals surface area contributed by atoms with E-state index in [9.17, 15) is 4.79 Å². The van der Waals surface area contributed by atoms with Crippen molar-refractivity contribution in [3.8, 4) is 23.0 Å². The Labute approximate surface area is 182 Å². The molecule has 2 aromatic heterocycles. The van der Waals surface area contributed by atoms with Gasteiger partial charge in [-0.3, -0.25) is 0 Å². The maximum absolute atomic E-state index is 12.1. The molecule has 0 radical (unpaired) electrons. The Morgan fingerprint density at radius 1 is 0.935 bits per heavy atom. The molecule has 158 valence electrons. The van der Waals surface area contributed by atoms with E-state index in [0.29, 0.717) is 39.5 Å². The Balaban J connectivity index is 1.41. The van der Waals surface area contributed by atoms with Crippen molar-refractivity contribution in [1.29, 1.82) is 0 Å². The fourth-order valence-corrected chi connectivity index (χ4v) is 4.62. The number of nitrogens with zero attached hydrogens (tertiary/aromatic N) is 2. The second-order valence-corrected chi connectivity index (χ2v) is 8.25. The first kappa shape index (κ1) is 19.7. The lowest BCUT2D eigenvalue weighted by Gasteiger charge is -2.07. The first-order chi connectivity index (χ1) is 15.1. The van der Waals surface area contributed by atoms with Gasteiger partial charge >= 0.3 is 5.63 Å². The van der Waals surface area contributed by atoms with Crippen LogP contribution in [0, 0.1) is 0 Å². The number of ether oxygens (including phenoxy) is 2. The van der Waals surface area contributed by atoms with Crippen molar-refractivity contribution >= 4 is 22.7 Å². The van der Waals surface area contributed by atoms with Gasteiger partial charge in [0.1, 0.15) is 17.1 Å². The van der Waals surface area contributed by atoms with Gasteiger partial charge in [0, 0.05) is 28.8 Å². The highest BCUT2D eigenvalue weighted by molar-refractivity contribution is 7.98. The number of aromatic nitrogens is 2. The molecular weight excluding hydrogens is 416 g/mol. The second kappa shape index (κ2) is 8.11. The summed E-state index contributed by atoms with van der Waals surface area (Å²) in [6, 6.07) is 11.1. The number of hydrogen-bond donors (Lipinski definition) is 0. The van der Waals surface area contributed by atoms with Crippen LogP contribution < -0.4 is 15.1 Å². The lowest BCUT2D eigenvalue weighted by molar-refractivity contribution is 0.394. The summed E-state index contributed by atoms with van der Waals surface area (Å²) in [6.07, 6.45) is 3.24. The molecular formula is C23H20N2O5S. The smallest absolute Gasteiger partial charge is 0.336 e. The molecule has 0 aliphatic heterocycles. The van der Waals surface area contributed by atoms with Gasteiger partial charge in [-0.05, 0) is 60.2 Å². The maximum atomic E-state index is 12.1. The Bertz CT molecular complexity index is 1310. The zero-order chi connectivity index (χ0) is 21.4. The lowest BCUT2D eigenvalue weighted by atomic mass is 10.0. The quantitative estimate of drug-likeness (QED) is 0.319. The molecule has 0 fully saturated rings. The van der Waals surface area contributed by atoms with E-state index in [1.54, 1.807) is 38.5 Å². The van der Waals surface area contributed by atoms with E-state index in [1.807, 2.05) is 6.07 Å². The molecule has 31 heavy (non-hydrogen) atoms. The molecule has 1 aliphatic rings. The van der Waals surface area contributed by atoms with Crippen LogP contribution in [0.15, 0.2) is 55.2 Å². The third kappa shape index (κ3) is 3.90. The van der Waals surface area contributed by atoms with Crippen molar-refractivity contribution in [2.45, 2.75) is 30.2 Å². The zero-order valence-electron chi connectivity index (χ0n) is 17.1. The van der Waals surface area contributed by atoms with Crippen LogP contribution in [-0.2, 0) is 18.6 Å². The van der Waals surface area contributed by atoms with Crippen LogP contribution in [0.2, 0.25) is 0 Å². The minimum atomic E-state index is -0.351. The highest BCUT2D eigenvalue weighted by atomic mass is 32.2. The highest BCUT2D eigenvalue weighted by Crippen LogP contribution is 2.33. The molecule has 0 spiro atoms. The van der Waals surface area contributed by atoms with Gasteiger partial charge in [0.15, 0.2) is 0 Å². The second-order valence-electron chi connectivity index (χ2n) is 7.32. The summed E-state index contributed by atoms with van der Waals surface area (Å²) in [5.41, 5.74) is 4.50. The number of hydrogen-bond acceptors (Lipinski definition) is 8. The normalized spacial score (nSPS) is 12.8. The van der Waals surface area contributed by atoms with Gasteiger partial charge in [0.25, 0.3) is 5.22 Å². The van der Waals surface area contributed by atoms with E-state index < -0.39 is 0 Å². The Hall–Kier alpha value is -3.26. The molecule has 4 aromatic rings. The number of benzene rings is 2. The number of aryl methyl sites for hydroxylation is 2. The predicted octanol–water partition coefficient (Wildman–Crippen LogP) is 4.64. The van der Waals surface area contributed by atoms with Gasteiger partial charge in [0.2, 0.25) is 5.89 Å². The third-order valence-corrected chi connectivity index (χ3v) is 6.27. The summed E-state index contributed by atoms with van der Waals surface area (Å²) in [4.78, 5) is 12.1. The number of fused-ring (bicyclic) bond motifs is 2. The van der Waals surface area contributed by atoms with E-state index in [4.69, 9.17) is 18.3 Å². The van der Waals surface area contributed by atoms with Crippen LogP contribution in [-0.4, -0.2) is 24.4 Å². The molecule has 0 saturated heterocycles. The topological polar surface area (TPSA) is 87.6 Å². The molecule has 2 aromatic carbocycles. The van der Waals surface area contributed by atoms with Crippen molar-refractivity contribution in [3.63, 3.8) is 0 Å². The monoisotopic (exact) mass is 436 g/mol. The number of thioether (sulfide) groups is 1. The summed E-state index contributed by atoms with van der Waals surface area (Å²) in [5, 5.41) is 9.67. The summed E-state index contributed by atoms with van der Waals surface area (Å²) >= 11 is 1.38. The largest absolute Gasteiger partial charge is 0.497 e. The number of methoxy groups -OCH3 is 2. The van der Waals surface area contributed by atoms with Gasteiger partial charge in [-0.25, -0.2) is 4.79 Å². The predicted molar refractivity (Wildman–Crippen MR) is 117 cm³/mol. The molecule has 0 N–H and O–H groups in total. The molecule has 0 unspecified atom stereocenters. The van der Waals surface area contributed by atoms with E-state index in [0.717, 1.165) is 30.2 Å². The summed E-state index contributed by atoms with van der Waals surface area (Å²) < 4.78 is 21.9. The average Bonchev–Trinajstić information content (AvgIpc) is 3.44. The number of rotatable bonds is 6. The molecule has 1 aliphatic carbocycles. The zero-order valence-corrected chi connectivity index (χ0v) is 18.0. The first-order valence-electron chi connectivity index (χ1n) is 9.91. The van der Waals surface area contributed by atoms with Crippen LogP contribution in [0.3, 0.4) is 0 Å². The molecule has 2 heterocycles. The van der Waals surface area contributed by atoms with Crippen molar-refractivity contribution < 1.29 is 18.3 Å². The molecule has 0 bridgehead atoms. The lowest BCUT2D eigenvalue weighted by Crippen LogP contribution is -2.01. The van der Waals surface area contributed by atoms with Crippen molar-refractivity contribution in [2.24, 2.45) is 0 Å². The van der Waals surface area contributed by atoms with E-state index in [1.165, 1.54) is 22.9 Å². The van der Waals surface area contributed by atoms with Crippen LogP contribution in [0.1, 0.15) is 23.1 Å². The Morgan fingerprint density at radius 3 is 2.42 bits per heavy atom. The van der Waals surface area contributed by atoms with E-state index in [2.05, 4.69) is 16.3 Å². The summed E-state index contributed by atoms with van der Waals surface area (Å²) in [6.45, 7) is 0. The minimum Gasteiger partial charge on any atom is -0.497 e. The van der Waals surface area contributed by atoms with Crippen molar-refractivity contribution in [1.82, 2.24) is 10.2 Å².